The summed E-state index contributed by atoms with van der Waals surface area (Å²) < 4.78 is 11.0. The number of pyridine rings is 1. The minimum Gasteiger partial charge on any atom is -0.486 e. The number of nitrogens with one attached hydrogen (secondary N) is 1. The summed E-state index contributed by atoms with van der Waals surface area (Å²) in [5.74, 6) is 6.92. The maximum absolute atomic E-state index is 5.55. The number of hydrogen-bond acceptors (Lipinski definition) is 5. The fraction of sp³-hybridized carbons (Fsp3) is 0.154. The summed E-state index contributed by atoms with van der Waals surface area (Å²) >= 11 is 0. The smallest absolute Gasteiger partial charge is 0.162 e. The lowest BCUT2D eigenvalue weighted by Gasteiger charge is -2.18. The van der Waals surface area contributed by atoms with Crippen LogP contribution in [-0.2, 0) is 0 Å². The normalized spacial score (nSPS) is 13.2. The second-order valence-corrected chi connectivity index (χ2v) is 3.93. The van der Waals surface area contributed by atoms with E-state index < -0.39 is 0 Å². The topological polar surface area (TPSA) is 69.4 Å². The van der Waals surface area contributed by atoms with Gasteiger partial charge in [-0.05, 0) is 30.3 Å². The highest BCUT2D eigenvalue weighted by molar-refractivity contribution is 5.67. The molecule has 0 amide bonds. The molecule has 1 aromatic carbocycles. The molecule has 18 heavy (non-hydrogen) atoms. The maximum Gasteiger partial charge on any atom is 0.162 e. The van der Waals surface area contributed by atoms with Crippen LogP contribution in [-0.4, -0.2) is 18.2 Å². The van der Waals surface area contributed by atoms with E-state index in [-0.39, 0.29) is 0 Å². The Kier molecular flexibility index (Phi) is 2.74. The summed E-state index contributed by atoms with van der Waals surface area (Å²) in [5, 5.41) is 0. The van der Waals surface area contributed by atoms with Gasteiger partial charge in [0.05, 0.1) is 11.4 Å². The lowest BCUT2D eigenvalue weighted by Crippen LogP contribution is -2.15. The van der Waals surface area contributed by atoms with Gasteiger partial charge in [-0.1, -0.05) is 0 Å². The number of nitrogens with two attached hydrogens (primary N) is 1. The molecule has 0 fully saturated rings. The highest BCUT2D eigenvalue weighted by Gasteiger charge is 2.12. The Morgan fingerprint density at radius 2 is 1.89 bits per heavy atom. The van der Waals surface area contributed by atoms with Crippen LogP contribution in [0.15, 0.2) is 36.5 Å². The molecule has 5 nitrogen and oxygen atoms in total. The monoisotopic (exact) mass is 243 g/mol. The molecule has 1 aliphatic heterocycles. The number of anilines is 1. The van der Waals surface area contributed by atoms with E-state index >= 15 is 0 Å². The summed E-state index contributed by atoms with van der Waals surface area (Å²) in [5.41, 5.74) is 5.22. The number of aromatic nitrogens is 1. The molecule has 0 unspecified atom stereocenters. The summed E-state index contributed by atoms with van der Waals surface area (Å²) in [7, 11) is 0. The maximum atomic E-state index is 5.55. The summed E-state index contributed by atoms with van der Waals surface area (Å²) in [6, 6.07) is 9.47. The predicted molar refractivity (Wildman–Crippen MR) is 68.5 cm³/mol. The molecule has 0 saturated carbocycles. The van der Waals surface area contributed by atoms with Crippen molar-refractivity contribution in [3.05, 3.63) is 36.5 Å². The molecule has 1 aromatic heterocycles. The molecule has 5 heteroatoms. The van der Waals surface area contributed by atoms with Crippen molar-refractivity contribution in [1.82, 2.24) is 4.98 Å². The van der Waals surface area contributed by atoms with E-state index in [0.717, 1.165) is 28.4 Å². The number of hydrazine groups is 1. The number of rotatable bonds is 2. The highest BCUT2D eigenvalue weighted by Crippen LogP contribution is 2.34. The van der Waals surface area contributed by atoms with Crippen molar-refractivity contribution >= 4 is 5.69 Å². The lowest BCUT2D eigenvalue weighted by atomic mass is 10.1. The third kappa shape index (κ3) is 1.96. The van der Waals surface area contributed by atoms with Crippen LogP contribution in [0.1, 0.15) is 0 Å². The van der Waals surface area contributed by atoms with Gasteiger partial charge in [-0.2, -0.15) is 0 Å². The zero-order chi connectivity index (χ0) is 12.4. The second-order valence-electron chi connectivity index (χ2n) is 3.93. The molecular formula is C13H13N3O2. The zero-order valence-corrected chi connectivity index (χ0v) is 9.72. The molecule has 3 N–H and O–H groups in total. The Bertz CT molecular complexity index is 572. The van der Waals surface area contributed by atoms with Gasteiger partial charge >= 0.3 is 0 Å². The van der Waals surface area contributed by atoms with Crippen LogP contribution < -0.4 is 20.7 Å². The van der Waals surface area contributed by atoms with Gasteiger partial charge in [0.15, 0.2) is 11.5 Å². The van der Waals surface area contributed by atoms with E-state index in [1.54, 1.807) is 6.20 Å². The molecule has 3 rings (SSSR count). The summed E-state index contributed by atoms with van der Waals surface area (Å²) in [6.45, 7) is 1.17. The average molecular weight is 243 g/mol. The molecule has 0 bridgehead atoms. The van der Waals surface area contributed by atoms with E-state index in [1.165, 1.54) is 0 Å². The van der Waals surface area contributed by atoms with Crippen molar-refractivity contribution in [3.63, 3.8) is 0 Å². The van der Waals surface area contributed by atoms with Gasteiger partial charge < -0.3 is 14.9 Å². The number of hydrogen-bond donors (Lipinski definition) is 2. The third-order valence-corrected chi connectivity index (χ3v) is 2.76. The molecular weight excluding hydrogens is 230 g/mol. The van der Waals surface area contributed by atoms with Crippen molar-refractivity contribution in [3.8, 4) is 22.8 Å². The van der Waals surface area contributed by atoms with E-state index in [9.17, 15) is 0 Å². The van der Waals surface area contributed by atoms with Crippen molar-refractivity contribution in [2.24, 2.45) is 5.84 Å². The second kappa shape index (κ2) is 4.54. The largest absolute Gasteiger partial charge is 0.486 e. The SMILES string of the molecule is NNc1ccnc(-c2ccc3c(c2)OCCO3)c1. The Balaban J connectivity index is 2.00. The van der Waals surface area contributed by atoms with Crippen LogP contribution in [0.25, 0.3) is 11.3 Å². The van der Waals surface area contributed by atoms with Crippen LogP contribution in [0.3, 0.4) is 0 Å². The Morgan fingerprint density at radius 3 is 2.72 bits per heavy atom. The number of ether oxygens (including phenoxy) is 2. The highest BCUT2D eigenvalue weighted by atomic mass is 16.6. The Labute approximate surface area is 105 Å². The van der Waals surface area contributed by atoms with Crippen molar-refractivity contribution < 1.29 is 9.47 Å². The Morgan fingerprint density at radius 1 is 1.06 bits per heavy atom. The molecule has 0 saturated heterocycles. The van der Waals surface area contributed by atoms with Crippen molar-refractivity contribution in [2.75, 3.05) is 18.6 Å². The summed E-state index contributed by atoms with van der Waals surface area (Å²) in [4.78, 5) is 4.31. The minimum absolute atomic E-state index is 0.578. The molecule has 92 valence electrons. The van der Waals surface area contributed by atoms with Crippen LogP contribution in [0.4, 0.5) is 5.69 Å². The van der Waals surface area contributed by atoms with E-state index in [4.69, 9.17) is 15.3 Å². The van der Waals surface area contributed by atoms with Gasteiger partial charge in [0.2, 0.25) is 0 Å². The molecule has 0 aliphatic carbocycles. The van der Waals surface area contributed by atoms with Gasteiger partial charge in [0, 0.05) is 11.8 Å². The van der Waals surface area contributed by atoms with E-state index in [0.29, 0.717) is 13.2 Å². The first-order chi connectivity index (χ1) is 8.86. The fourth-order valence-electron chi connectivity index (χ4n) is 1.88. The predicted octanol–water partition coefficient (Wildman–Crippen LogP) is 1.81. The first-order valence-electron chi connectivity index (χ1n) is 5.69. The van der Waals surface area contributed by atoms with Crippen molar-refractivity contribution in [1.29, 1.82) is 0 Å². The molecule has 0 spiro atoms. The number of fused-ring (bicyclic) bond motifs is 1. The average Bonchev–Trinajstić information content (AvgIpc) is 2.47. The first-order valence-corrected chi connectivity index (χ1v) is 5.69. The molecule has 2 heterocycles. The third-order valence-electron chi connectivity index (χ3n) is 2.76. The number of benzene rings is 1. The van der Waals surface area contributed by atoms with Crippen molar-refractivity contribution in [2.45, 2.75) is 0 Å². The van der Waals surface area contributed by atoms with Gasteiger partial charge in [-0.25, -0.2) is 0 Å². The fourth-order valence-corrected chi connectivity index (χ4v) is 1.88. The van der Waals surface area contributed by atoms with Gasteiger partial charge in [-0.3, -0.25) is 10.8 Å². The molecule has 1 aliphatic rings. The van der Waals surface area contributed by atoms with Gasteiger partial charge in [-0.15, -0.1) is 0 Å². The molecule has 2 aromatic rings. The summed E-state index contributed by atoms with van der Waals surface area (Å²) in [6.07, 6.45) is 1.71. The Hall–Kier alpha value is -2.27. The van der Waals surface area contributed by atoms with Gasteiger partial charge in [0.25, 0.3) is 0 Å². The van der Waals surface area contributed by atoms with Crippen LogP contribution in [0.5, 0.6) is 11.5 Å². The number of nitrogen functional groups attached to an aromatic ring is 1. The standard InChI is InChI=1S/C13H13N3O2/c14-16-10-3-4-15-11(8-10)9-1-2-12-13(7-9)18-6-5-17-12/h1-4,7-8H,5-6,14H2,(H,15,16). The minimum atomic E-state index is 0.578. The molecule has 0 atom stereocenters. The number of nitrogens with zero attached hydrogens (tertiary/aromatic N) is 1. The quantitative estimate of drug-likeness (QED) is 0.621. The van der Waals surface area contributed by atoms with E-state index in [2.05, 4.69) is 10.4 Å². The van der Waals surface area contributed by atoms with Crippen LogP contribution >= 0.6 is 0 Å². The lowest BCUT2D eigenvalue weighted by molar-refractivity contribution is 0.171. The van der Waals surface area contributed by atoms with Gasteiger partial charge in [0.1, 0.15) is 13.2 Å². The van der Waals surface area contributed by atoms with Crippen LogP contribution in [0.2, 0.25) is 0 Å². The molecule has 0 radical (unpaired) electrons. The zero-order valence-electron chi connectivity index (χ0n) is 9.72. The first kappa shape index (κ1) is 10.9. The van der Waals surface area contributed by atoms with Crippen LogP contribution in [0, 0.1) is 0 Å². The van der Waals surface area contributed by atoms with E-state index in [1.807, 2.05) is 30.3 Å².